The van der Waals surface area contributed by atoms with Gasteiger partial charge in [0.25, 0.3) is 0 Å². The Balaban J connectivity index is 0.886. The standard InChI is InChI=1S/C48H56N8O9/c1-26-6-11-38(56(26)46(58)41(54-48(60)62-3)28-14-19-64-20-15-28)44-50-35-10-8-29-22-34-32-9-7-30(21-31(32)25-65-39(34)23-33(29)42(35)52-44)36-24-49-43(51-36)37-5-4-16-55(37)45(57)40(53-47(59)61-2)27-12-17-63-18-13-27/h7-10,21-24,26-28,37-38,40-41H,4-6,11-20,25H2,1-3H3,(H,49,51)(H,50,52)(H,53,59)(H,54,60)/t26-,37-,38-,40-,41-/m0/s1. The van der Waals surface area contributed by atoms with Crippen molar-refractivity contribution in [2.75, 3.05) is 47.2 Å². The Kier molecular flexibility index (Phi) is 11.8. The fourth-order valence-corrected chi connectivity index (χ4v) is 10.8. The van der Waals surface area contributed by atoms with Crippen molar-refractivity contribution in [2.24, 2.45) is 11.8 Å². The average molecular weight is 889 g/mol. The van der Waals surface area contributed by atoms with E-state index in [1.807, 2.05) is 22.1 Å². The van der Waals surface area contributed by atoms with Crippen molar-refractivity contribution in [3.05, 3.63) is 65.9 Å². The van der Waals surface area contributed by atoms with Gasteiger partial charge in [0.2, 0.25) is 11.8 Å². The lowest BCUT2D eigenvalue weighted by molar-refractivity contribution is -0.139. The van der Waals surface area contributed by atoms with E-state index < -0.39 is 24.3 Å². The monoisotopic (exact) mass is 888 g/mol. The number of alkyl carbamates (subject to hydrolysis) is 2. The number of H-pyrrole nitrogens is 2. The van der Waals surface area contributed by atoms with Crippen LogP contribution in [0.25, 0.3) is 44.2 Å². The van der Waals surface area contributed by atoms with E-state index in [-0.39, 0.29) is 41.8 Å². The zero-order chi connectivity index (χ0) is 44.8. The van der Waals surface area contributed by atoms with E-state index >= 15 is 0 Å². The van der Waals surface area contributed by atoms with Gasteiger partial charge >= 0.3 is 12.2 Å². The molecular weight excluding hydrogens is 833 g/mol. The van der Waals surface area contributed by atoms with Crippen molar-refractivity contribution in [2.45, 2.75) is 95.1 Å². The summed E-state index contributed by atoms with van der Waals surface area (Å²) in [6.45, 7) is 5.20. The number of carbonyl (C=O) groups excluding carboxylic acids is 4. The van der Waals surface area contributed by atoms with Gasteiger partial charge in [-0.15, -0.1) is 0 Å². The highest BCUT2D eigenvalue weighted by Gasteiger charge is 2.44. The molecule has 2 aromatic heterocycles. The second kappa shape index (κ2) is 18.0. The number of ether oxygens (including phenoxy) is 5. The summed E-state index contributed by atoms with van der Waals surface area (Å²) in [4.78, 5) is 74.1. The molecule has 4 amide bonds. The highest BCUT2D eigenvalue weighted by atomic mass is 16.5. The molecule has 5 aliphatic rings. The van der Waals surface area contributed by atoms with Crippen LogP contribution < -0.4 is 15.4 Å². The Morgan fingerprint density at radius 2 is 1.48 bits per heavy atom. The van der Waals surface area contributed by atoms with E-state index in [1.165, 1.54) is 14.2 Å². The molecule has 65 heavy (non-hydrogen) atoms. The van der Waals surface area contributed by atoms with Crippen LogP contribution in [0.15, 0.2) is 48.7 Å². The van der Waals surface area contributed by atoms with Gasteiger partial charge in [-0.3, -0.25) is 9.59 Å². The molecule has 0 aliphatic carbocycles. The normalized spacial score (nSPS) is 22.2. The molecule has 7 heterocycles. The smallest absolute Gasteiger partial charge is 0.407 e. The Labute approximate surface area is 376 Å². The molecule has 10 rings (SSSR count). The number of carbonyl (C=O) groups is 4. The number of amides is 4. The molecule has 0 radical (unpaired) electrons. The molecule has 3 aromatic carbocycles. The summed E-state index contributed by atoms with van der Waals surface area (Å²) < 4.78 is 27.4. The van der Waals surface area contributed by atoms with Crippen molar-refractivity contribution in [1.82, 2.24) is 40.4 Å². The molecule has 4 N–H and O–H groups in total. The van der Waals surface area contributed by atoms with Crippen molar-refractivity contribution >= 4 is 45.8 Å². The lowest BCUT2D eigenvalue weighted by Gasteiger charge is -2.36. The second-order valence-corrected chi connectivity index (χ2v) is 18.0. The highest BCUT2D eigenvalue weighted by molar-refractivity contribution is 6.07. The lowest BCUT2D eigenvalue weighted by atomic mass is 9.90. The number of benzene rings is 3. The molecule has 4 saturated heterocycles. The minimum atomic E-state index is -0.723. The average Bonchev–Trinajstić information content (AvgIpc) is 4.18. The van der Waals surface area contributed by atoms with Gasteiger partial charge in [-0.05, 0) is 116 Å². The molecule has 5 aromatic rings. The van der Waals surface area contributed by atoms with Gasteiger partial charge in [0, 0.05) is 50.0 Å². The predicted octanol–water partition coefficient (Wildman–Crippen LogP) is 6.68. The quantitative estimate of drug-likeness (QED) is 0.123. The van der Waals surface area contributed by atoms with Crippen molar-refractivity contribution in [1.29, 1.82) is 0 Å². The molecule has 342 valence electrons. The van der Waals surface area contributed by atoms with Gasteiger partial charge < -0.3 is 54.1 Å². The maximum Gasteiger partial charge on any atom is 0.407 e. The first-order chi connectivity index (χ1) is 31.7. The summed E-state index contributed by atoms with van der Waals surface area (Å²) in [7, 11) is 2.62. The summed E-state index contributed by atoms with van der Waals surface area (Å²) >= 11 is 0. The first-order valence-electron chi connectivity index (χ1n) is 22.9. The number of fused-ring (bicyclic) bond motifs is 6. The SMILES string of the molecule is COC(=O)N[C@H](C(=O)N1CCC[C@H]1c1ncc(-c2ccc3c(c2)COc2cc4c(ccc5[nH]c([C@@H]6CC[C@H](C)N6C(=O)[C@@H](NC(=O)OC)C6CCOCC6)nc54)cc2-3)[nH]1)C1CCOCC1. The van der Waals surface area contributed by atoms with E-state index in [0.717, 1.165) is 87.0 Å². The molecule has 0 bridgehead atoms. The van der Waals surface area contributed by atoms with Gasteiger partial charge in [0.1, 0.15) is 36.1 Å². The van der Waals surface area contributed by atoms with Crippen molar-refractivity contribution in [3.8, 4) is 28.1 Å². The zero-order valence-corrected chi connectivity index (χ0v) is 37.0. The number of imidazole rings is 2. The maximum atomic E-state index is 14.4. The molecule has 4 fully saturated rings. The van der Waals surface area contributed by atoms with Crippen molar-refractivity contribution < 1.29 is 42.9 Å². The molecule has 0 saturated carbocycles. The van der Waals surface area contributed by atoms with Gasteiger partial charge in [-0.2, -0.15) is 0 Å². The van der Waals surface area contributed by atoms with Gasteiger partial charge in [0.15, 0.2) is 0 Å². The van der Waals surface area contributed by atoms with E-state index in [9.17, 15) is 19.2 Å². The number of hydrogen-bond acceptors (Lipinski definition) is 11. The van der Waals surface area contributed by atoms with E-state index in [1.54, 1.807) is 0 Å². The van der Waals surface area contributed by atoms with Crippen LogP contribution in [0, 0.1) is 11.8 Å². The maximum absolute atomic E-state index is 14.4. The number of aromatic nitrogens is 4. The zero-order valence-electron chi connectivity index (χ0n) is 37.0. The second-order valence-electron chi connectivity index (χ2n) is 18.0. The van der Waals surface area contributed by atoms with Crippen LogP contribution in [0.5, 0.6) is 5.75 Å². The minimum Gasteiger partial charge on any atom is -0.488 e. The van der Waals surface area contributed by atoms with Crippen LogP contribution >= 0.6 is 0 Å². The third-order valence-corrected chi connectivity index (χ3v) is 14.3. The fourth-order valence-electron chi connectivity index (χ4n) is 10.8. The van der Waals surface area contributed by atoms with Crippen LogP contribution in [0.4, 0.5) is 9.59 Å². The first-order valence-corrected chi connectivity index (χ1v) is 22.9. The number of likely N-dealkylation sites (tertiary alicyclic amines) is 2. The topological polar surface area (TPSA) is 202 Å². The summed E-state index contributed by atoms with van der Waals surface area (Å²) in [5.41, 5.74) is 6.59. The number of nitrogens with one attached hydrogen (secondary N) is 4. The van der Waals surface area contributed by atoms with Gasteiger partial charge in [-0.25, -0.2) is 19.6 Å². The molecule has 0 unspecified atom stereocenters. The van der Waals surface area contributed by atoms with Crippen molar-refractivity contribution in [3.63, 3.8) is 0 Å². The number of nitrogens with zero attached hydrogens (tertiary/aromatic N) is 4. The summed E-state index contributed by atoms with van der Waals surface area (Å²) in [6.07, 6.45) is 6.45. The number of rotatable bonds is 9. The summed E-state index contributed by atoms with van der Waals surface area (Å²) in [5, 5.41) is 7.64. The van der Waals surface area contributed by atoms with Crippen LogP contribution in [0.3, 0.4) is 0 Å². The Morgan fingerprint density at radius 1 is 0.769 bits per heavy atom. The third kappa shape index (κ3) is 8.13. The fraction of sp³-hybridized carbons (Fsp3) is 0.500. The molecule has 17 heteroatoms. The number of hydrogen-bond donors (Lipinski definition) is 4. The van der Waals surface area contributed by atoms with E-state index in [0.29, 0.717) is 71.1 Å². The van der Waals surface area contributed by atoms with Crippen LogP contribution in [-0.4, -0.2) is 119 Å². The lowest BCUT2D eigenvalue weighted by Crippen LogP contribution is -2.54. The molecule has 17 nitrogen and oxygen atoms in total. The highest BCUT2D eigenvalue weighted by Crippen LogP contribution is 2.44. The summed E-state index contributed by atoms with van der Waals surface area (Å²) in [5.74, 6) is 1.85. The van der Waals surface area contributed by atoms with E-state index in [2.05, 4.69) is 63.9 Å². The number of aromatic amines is 2. The first kappa shape index (κ1) is 42.7. The molecule has 5 atom stereocenters. The summed E-state index contributed by atoms with van der Waals surface area (Å²) in [6, 6.07) is 12.7. The Morgan fingerprint density at radius 3 is 2.18 bits per heavy atom. The molecular formula is C48H56N8O9. The minimum absolute atomic E-state index is 0.0394. The van der Waals surface area contributed by atoms with Gasteiger partial charge in [-0.1, -0.05) is 18.2 Å². The van der Waals surface area contributed by atoms with Crippen LogP contribution in [-0.2, 0) is 35.1 Å². The van der Waals surface area contributed by atoms with Crippen LogP contribution in [0.2, 0.25) is 0 Å². The Hall–Kier alpha value is -6.20. The predicted molar refractivity (Wildman–Crippen MR) is 239 cm³/mol. The van der Waals surface area contributed by atoms with Gasteiger partial charge in [0.05, 0.1) is 49.2 Å². The Bertz CT molecular complexity index is 2620. The molecule has 5 aliphatic heterocycles. The molecule has 0 spiro atoms. The third-order valence-electron chi connectivity index (χ3n) is 14.3. The van der Waals surface area contributed by atoms with E-state index in [4.69, 9.17) is 33.7 Å². The van der Waals surface area contributed by atoms with Crippen LogP contribution in [0.1, 0.15) is 87.6 Å². The largest absolute Gasteiger partial charge is 0.488 e. The number of methoxy groups -OCH3 is 2.